The third-order valence-electron chi connectivity index (χ3n) is 11.2. The average Bonchev–Trinajstić information content (AvgIpc) is 3.16. The first kappa shape index (κ1) is 23.5. The minimum Gasteiger partial charge on any atom is -0.390 e. The van der Waals surface area contributed by atoms with Crippen LogP contribution in [0.5, 0.6) is 0 Å². The monoisotopic (exact) mass is 451 g/mol. The molecule has 33 heavy (non-hydrogen) atoms. The van der Waals surface area contributed by atoms with Crippen molar-refractivity contribution >= 4 is 0 Å². The second-order valence-electron chi connectivity index (χ2n) is 12.6. The van der Waals surface area contributed by atoms with Gasteiger partial charge in [0, 0.05) is 12.4 Å². The van der Waals surface area contributed by atoms with Crippen molar-refractivity contribution < 1.29 is 10.2 Å². The molecule has 0 aromatic carbocycles. The fourth-order valence-electron chi connectivity index (χ4n) is 8.89. The van der Waals surface area contributed by atoms with Crippen LogP contribution >= 0.6 is 0 Å². The first-order valence-corrected chi connectivity index (χ1v) is 13.8. The Morgan fingerprint density at radius 2 is 1.97 bits per heavy atom. The lowest BCUT2D eigenvalue weighted by atomic mass is 9.46. The molecule has 2 N–H and O–H groups in total. The number of aliphatic hydroxyl groups is 2. The number of hydrogen-bond acceptors (Lipinski definition) is 3. The maximum atomic E-state index is 11.0. The number of rotatable bonds is 6. The Hall–Kier alpha value is -1.19. The van der Waals surface area contributed by atoms with E-state index in [1.807, 2.05) is 12.1 Å². The molecule has 4 aliphatic carbocycles. The van der Waals surface area contributed by atoms with Crippen molar-refractivity contribution in [3.63, 3.8) is 0 Å². The summed E-state index contributed by atoms with van der Waals surface area (Å²) in [6.45, 7) is 7.30. The van der Waals surface area contributed by atoms with Crippen LogP contribution in [0, 0.1) is 34.5 Å². The van der Waals surface area contributed by atoms with Crippen LogP contribution in [-0.2, 0) is 0 Å². The highest BCUT2D eigenvalue weighted by molar-refractivity contribution is 5.27. The molecule has 7 unspecified atom stereocenters. The van der Waals surface area contributed by atoms with Crippen molar-refractivity contribution in [3.05, 3.63) is 41.7 Å². The summed E-state index contributed by atoms with van der Waals surface area (Å²) in [6.07, 6.45) is 19.7. The van der Waals surface area contributed by atoms with Crippen LogP contribution in [-0.4, -0.2) is 20.8 Å². The maximum Gasteiger partial charge on any atom is 0.0804 e. The maximum absolute atomic E-state index is 11.0. The predicted octanol–water partition coefficient (Wildman–Crippen LogP) is 7.01. The molecule has 0 saturated heterocycles. The fraction of sp³-hybridized carbons (Fsp3) is 0.767. The van der Waals surface area contributed by atoms with E-state index in [1.165, 1.54) is 44.9 Å². The van der Waals surface area contributed by atoms with Crippen molar-refractivity contribution in [2.45, 2.75) is 110 Å². The summed E-state index contributed by atoms with van der Waals surface area (Å²) in [5.41, 5.74) is 2.87. The van der Waals surface area contributed by atoms with Gasteiger partial charge < -0.3 is 10.2 Å². The van der Waals surface area contributed by atoms with Gasteiger partial charge in [0.15, 0.2) is 0 Å². The summed E-state index contributed by atoms with van der Waals surface area (Å²) < 4.78 is 0. The van der Waals surface area contributed by atoms with Gasteiger partial charge >= 0.3 is 0 Å². The van der Waals surface area contributed by atoms with E-state index in [-0.39, 0.29) is 6.10 Å². The molecule has 3 heteroatoms. The molecule has 3 saturated carbocycles. The molecule has 182 valence electrons. The summed E-state index contributed by atoms with van der Waals surface area (Å²) in [7, 11) is 0. The summed E-state index contributed by atoms with van der Waals surface area (Å²) >= 11 is 0. The smallest absolute Gasteiger partial charge is 0.0804 e. The van der Waals surface area contributed by atoms with Crippen LogP contribution in [0.1, 0.15) is 109 Å². The number of pyridine rings is 1. The van der Waals surface area contributed by atoms with Crippen LogP contribution in [0.2, 0.25) is 0 Å². The van der Waals surface area contributed by atoms with Gasteiger partial charge in [0.05, 0.1) is 11.7 Å². The summed E-state index contributed by atoms with van der Waals surface area (Å²) in [5, 5.41) is 21.6. The molecule has 1 aromatic rings. The lowest BCUT2D eigenvalue weighted by Crippen LogP contribution is -2.52. The Labute approximate surface area is 201 Å². The van der Waals surface area contributed by atoms with Crippen LogP contribution in [0.25, 0.3) is 0 Å². The van der Waals surface area contributed by atoms with Crippen LogP contribution in [0.4, 0.5) is 0 Å². The standard InChI is InChI=1S/C30H45NO2/c1-4-30(33)17-16-29(3)23(19-30)10-12-24-25-13-11-22(28(25,2)15-14-26(24)29)8-5-9-27(32)21-7-6-18-31-20-21/h6-7,10,18,20,22,24-27,32-33H,4-5,8-9,11-17,19H2,1-3H3/t22?,24?,25?,26?,27?,28?,29?,30-/m0/s1. The van der Waals surface area contributed by atoms with Crippen LogP contribution in [0.3, 0.4) is 0 Å². The van der Waals surface area contributed by atoms with E-state index < -0.39 is 5.60 Å². The van der Waals surface area contributed by atoms with E-state index in [2.05, 4.69) is 31.8 Å². The predicted molar refractivity (Wildman–Crippen MR) is 133 cm³/mol. The van der Waals surface area contributed by atoms with Crippen molar-refractivity contribution in [2.75, 3.05) is 0 Å². The highest BCUT2D eigenvalue weighted by Gasteiger charge is 2.59. The van der Waals surface area contributed by atoms with Gasteiger partial charge in [-0.15, -0.1) is 0 Å². The van der Waals surface area contributed by atoms with Gasteiger partial charge in [0.1, 0.15) is 0 Å². The Bertz CT molecular complexity index is 867. The topological polar surface area (TPSA) is 53.4 Å². The summed E-state index contributed by atoms with van der Waals surface area (Å²) in [5.74, 6) is 3.30. The zero-order chi connectivity index (χ0) is 23.3. The number of nitrogens with zero attached hydrogens (tertiary/aromatic N) is 1. The van der Waals surface area contributed by atoms with Crippen molar-refractivity contribution in [1.82, 2.24) is 4.98 Å². The SMILES string of the molecule is CC[C@]1(O)CCC2(C)C(=CCC3C2CCC2(C)C(CCCC(O)c4cccnc4)CCC32)C1. The van der Waals surface area contributed by atoms with Crippen LogP contribution in [0.15, 0.2) is 36.2 Å². The largest absolute Gasteiger partial charge is 0.390 e. The molecule has 3 fully saturated rings. The number of fused-ring (bicyclic) bond motifs is 5. The summed E-state index contributed by atoms with van der Waals surface area (Å²) in [4.78, 5) is 4.16. The third kappa shape index (κ3) is 4.01. The van der Waals surface area contributed by atoms with E-state index >= 15 is 0 Å². The van der Waals surface area contributed by atoms with Gasteiger partial charge in [-0.1, -0.05) is 44.9 Å². The van der Waals surface area contributed by atoms with Gasteiger partial charge in [-0.2, -0.15) is 0 Å². The first-order chi connectivity index (χ1) is 15.8. The quantitative estimate of drug-likeness (QED) is 0.458. The number of hydrogen-bond donors (Lipinski definition) is 2. The zero-order valence-electron chi connectivity index (χ0n) is 21.1. The molecule has 3 nitrogen and oxygen atoms in total. The number of allylic oxidation sites excluding steroid dienone is 1. The second kappa shape index (κ2) is 8.79. The zero-order valence-corrected chi connectivity index (χ0v) is 21.1. The third-order valence-corrected chi connectivity index (χ3v) is 11.2. The van der Waals surface area contributed by atoms with Crippen molar-refractivity contribution in [2.24, 2.45) is 34.5 Å². The Morgan fingerprint density at radius 1 is 1.12 bits per heavy atom. The van der Waals surface area contributed by atoms with E-state index in [1.54, 1.807) is 18.0 Å². The molecule has 0 radical (unpaired) electrons. The Morgan fingerprint density at radius 3 is 2.73 bits per heavy atom. The average molecular weight is 452 g/mol. The van der Waals surface area contributed by atoms with Gasteiger partial charge in [-0.05, 0) is 117 Å². The second-order valence-corrected chi connectivity index (χ2v) is 12.6. The highest BCUT2D eigenvalue weighted by atomic mass is 16.3. The molecule has 4 aliphatic rings. The van der Waals surface area contributed by atoms with Gasteiger partial charge in [0.25, 0.3) is 0 Å². The number of aromatic nitrogens is 1. The minimum atomic E-state index is -0.458. The van der Waals surface area contributed by atoms with E-state index in [0.717, 1.165) is 61.3 Å². The molecule has 1 aromatic heterocycles. The molecular weight excluding hydrogens is 406 g/mol. The lowest BCUT2D eigenvalue weighted by molar-refractivity contribution is -0.0718. The molecule has 0 bridgehead atoms. The minimum absolute atomic E-state index is 0.317. The van der Waals surface area contributed by atoms with Crippen molar-refractivity contribution in [1.29, 1.82) is 0 Å². The highest BCUT2D eigenvalue weighted by Crippen LogP contribution is 2.67. The van der Waals surface area contributed by atoms with E-state index in [0.29, 0.717) is 10.8 Å². The Kier molecular flexibility index (Phi) is 6.27. The summed E-state index contributed by atoms with van der Waals surface area (Å²) in [6, 6.07) is 3.91. The first-order valence-electron chi connectivity index (χ1n) is 13.8. The normalized spacial score (nSPS) is 43.2. The van der Waals surface area contributed by atoms with Crippen LogP contribution < -0.4 is 0 Å². The van der Waals surface area contributed by atoms with Gasteiger partial charge in [-0.3, -0.25) is 4.98 Å². The number of aliphatic hydroxyl groups excluding tert-OH is 1. The molecule has 5 rings (SSSR count). The molecule has 0 spiro atoms. The van der Waals surface area contributed by atoms with E-state index in [9.17, 15) is 10.2 Å². The van der Waals surface area contributed by atoms with Gasteiger partial charge in [0.2, 0.25) is 0 Å². The molecule has 0 amide bonds. The molecular formula is C30H45NO2. The van der Waals surface area contributed by atoms with Gasteiger partial charge in [-0.25, -0.2) is 0 Å². The van der Waals surface area contributed by atoms with E-state index in [4.69, 9.17) is 0 Å². The molecule has 1 heterocycles. The Balaban J connectivity index is 1.25. The van der Waals surface area contributed by atoms with Crippen molar-refractivity contribution in [3.8, 4) is 0 Å². The lowest BCUT2D eigenvalue weighted by Gasteiger charge is -2.59. The molecule has 0 aliphatic heterocycles. The molecule has 8 atom stereocenters. The fourth-order valence-corrected chi connectivity index (χ4v) is 8.89.